The Kier molecular flexibility index (Phi) is 2.79. The lowest BCUT2D eigenvalue weighted by Gasteiger charge is -2.13. The number of likely N-dealkylation sites (tertiary alicyclic amines) is 1. The SMILES string of the molecule is OC1CN(Cc2ccccc2)CC1F. The smallest absolute Gasteiger partial charge is 0.140 e. The van der Waals surface area contributed by atoms with Crippen molar-refractivity contribution < 1.29 is 9.50 Å². The Bertz CT molecular complexity index is 281. The summed E-state index contributed by atoms with van der Waals surface area (Å²) in [4.78, 5) is 1.94. The largest absolute Gasteiger partial charge is 0.389 e. The van der Waals surface area contributed by atoms with E-state index in [1.54, 1.807) is 0 Å². The Labute approximate surface area is 83.0 Å². The number of aliphatic hydroxyl groups excluding tert-OH is 1. The van der Waals surface area contributed by atoms with E-state index in [0.29, 0.717) is 13.1 Å². The molecule has 14 heavy (non-hydrogen) atoms. The van der Waals surface area contributed by atoms with E-state index in [-0.39, 0.29) is 0 Å². The molecule has 0 bridgehead atoms. The van der Waals surface area contributed by atoms with Gasteiger partial charge >= 0.3 is 0 Å². The van der Waals surface area contributed by atoms with Gasteiger partial charge in [-0.1, -0.05) is 30.3 Å². The first-order chi connectivity index (χ1) is 6.75. The van der Waals surface area contributed by atoms with Crippen molar-refractivity contribution in [3.8, 4) is 0 Å². The van der Waals surface area contributed by atoms with Gasteiger partial charge in [-0.25, -0.2) is 4.39 Å². The van der Waals surface area contributed by atoms with Gasteiger partial charge < -0.3 is 5.11 Å². The third-order valence-electron chi connectivity index (χ3n) is 2.54. The van der Waals surface area contributed by atoms with Crippen molar-refractivity contribution in [2.75, 3.05) is 13.1 Å². The molecule has 0 amide bonds. The van der Waals surface area contributed by atoms with E-state index in [9.17, 15) is 9.50 Å². The van der Waals surface area contributed by atoms with E-state index in [1.807, 2.05) is 35.2 Å². The number of benzene rings is 1. The average Bonchev–Trinajstić information content (AvgIpc) is 2.47. The predicted molar refractivity (Wildman–Crippen MR) is 52.6 cm³/mol. The lowest BCUT2D eigenvalue weighted by molar-refractivity contribution is 0.115. The first kappa shape index (κ1) is 9.62. The Morgan fingerprint density at radius 3 is 2.57 bits per heavy atom. The van der Waals surface area contributed by atoms with Gasteiger partial charge in [-0.2, -0.15) is 0 Å². The van der Waals surface area contributed by atoms with Gasteiger partial charge in [0.1, 0.15) is 6.17 Å². The summed E-state index contributed by atoms with van der Waals surface area (Å²) in [5.41, 5.74) is 1.16. The first-order valence-corrected chi connectivity index (χ1v) is 4.84. The normalized spacial score (nSPS) is 28.1. The number of β-amino-alcohol motifs (C(OH)–C–C–N with tert-alkyl or cyclic N) is 1. The molecule has 0 spiro atoms. The highest BCUT2D eigenvalue weighted by Crippen LogP contribution is 2.15. The van der Waals surface area contributed by atoms with Crippen molar-refractivity contribution in [2.24, 2.45) is 0 Å². The van der Waals surface area contributed by atoms with Crippen molar-refractivity contribution >= 4 is 0 Å². The van der Waals surface area contributed by atoms with Crippen LogP contribution in [0.15, 0.2) is 30.3 Å². The third kappa shape index (κ3) is 2.11. The number of aliphatic hydroxyl groups is 1. The molecule has 2 atom stereocenters. The molecule has 1 aromatic rings. The maximum absolute atomic E-state index is 13.0. The summed E-state index contributed by atoms with van der Waals surface area (Å²) in [6.07, 6.45) is -1.89. The molecule has 2 unspecified atom stereocenters. The fraction of sp³-hybridized carbons (Fsp3) is 0.455. The minimum absolute atomic E-state index is 0.343. The minimum Gasteiger partial charge on any atom is -0.389 e. The van der Waals surface area contributed by atoms with Crippen LogP contribution in [0.25, 0.3) is 0 Å². The zero-order valence-electron chi connectivity index (χ0n) is 7.94. The van der Waals surface area contributed by atoms with Crippen molar-refractivity contribution in [3.63, 3.8) is 0 Å². The molecule has 1 aliphatic heterocycles. The van der Waals surface area contributed by atoms with Gasteiger partial charge in [-0.3, -0.25) is 4.90 Å². The summed E-state index contributed by atoms with van der Waals surface area (Å²) in [7, 11) is 0. The van der Waals surface area contributed by atoms with Gasteiger partial charge in [0.15, 0.2) is 0 Å². The van der Waals surface area contributed by atoms with Crippen molar-refractivity contribution in [1.29, 1.82) is 0 Å². The van der Waals surface area contributed by atoms with Gasteiger partial charge in [-0.05, 0) is 5.56 Å². The van der Waals surface area contributed by atoms with Crippen molar-refractivity contribution in [2.45, 2.75) is 18.8 Å². The summed E-state index contributed by atoms with van der Waals surface area (Å²) >= 11 is 0. The van der Waals surface area contributed by atoms with E-state index < -0.39 is 12.3 Å². The van der Waals surface area contributed by atoms with Crippen LogP contribution in [0.4, 0.5) is 4.39 Å². The molecule has 1 saturated heterocycles. The zero-order chi connectivity index (χ0) is 9.97. The highest BCUT2D eigenvalue weighted by Gasteiger charge is 2.30. The van der Waals surface area contributed by atoms with Crippen LogP contribution in [0.1, 0.15) is 5.56 Å². The average molecular weight is 195 g/mol. The van der Waals surface area contributed by atoms with Crippen LogP contribution in [0, 0.1) is 0 Å². The molecule has 1 aliphatic rings. The number of rotatable bonds is 2. The molecule has 3 heteroatoms. The van der Waals surface area contributed by atoms with Gasteiger partial charge in [-0.15, -0.1) is 0 Å². The van der Waals surface area contributed by atoms with Crippen LogP contribution in [-0.4, -0.2) is 35.4 Å². The maximum atomic E-state index is 13.0. The third-order valence-corrected chi connectivity index (χ3v) is 2.54. The summed E-state index contributed by atoms with van der Waals surface area (Å²) in [5, 5.41) is 9.23. The molecule has 2 rings (SSSR count). The quantitative estimate of drug-likeness (QED) is 0.766. The molecule has 0 aliphatic carbocycles. The van der Waals surface area contributed by atoms with Crippen LogP contribution in [-0.2, 0) is 6.54 Å². The van der Waals surface area contributed by atoms with E-state index >= 15 is 0 Å². The second kappa shape index (κ2) is 4.07. The summed E-state index contributed by atoms with van der Waals surface area (Å²) in [5.74, 6) is 0. The topological polar surface area (TPSA) is 23.5 Å². The summed E-state index contributed by atoms with van der Waals surface area (Å²) in [6, 6.07) is 9.92. The van der Waals surface area contributed by atoms with Gasteiger partial charge in [0.05, 0.1) is 6.10 Å². The molecule has 0 radical (unpaired) electrons. The molecular formula is C11H14FNO. The summed E-state index contributed by atoms with van der Waals surface area (Å²) < 4.78 is 13.0. The minimum atomic E-state index is -1.08. The van der Waals surface area contributed by atoms with Gasteiger partial charge in [0.25, 0.3) is 0 Å². The molecule has 1 N–H and O–H groups in total. The number of hydrogen-bond donors (Lipinski definition) is 1. The lowest BCUT2D eigenvalue weighted by Crippen LogP contribution is -2.21. The number of hydrogen-bond acceptors (Lipinski definition) is 2. The Hall–Kier alpha value is -0.930. The monoisotopic (exact) mass is 195 g/mol. The van der Waals surface area contributed by atoms with Crippen LogP contribution in [0.2, 0.25) is 0 Å². The van der Waals surface area contributed by atoms with E-state index in [2.05, 4.69) is 0 Å². The van der Waals surface area contributed by atoms with Crippen LogP contribution in [0.3, 0.4) is 0 Å². The maximum Gasteiger partial charge on any atom is 0.140 e. The van der Waals surface area contributed by atoms with Crippen molar-refractivity contribution in [3.05, 3.63) is 35.9 Å². The molecule has 2 nitrogen and oxygen atoms in total. The number of alkyl halides is 1. The van der Waals surface area contributed by atoms with E-state index in [4.69, 9.17) is 0 Å². The van der Waals surface area contributed by atoms with E-state index in [1.165, 1.54) is 0 Å². The highest BCUT2D eigenvalue weighted by molar-refractivity contribution is 5.14. The molecule has 1 heterocycles. The fourth-order valence-electron chi connectivity index (χ4n) is 1.79. The number of nitrogens with zero attached hydrogens (tertiary/aromatic N) is 1. The molecule has 76 valence electrons. The highest BCUT2D eigenvalue weighted by atomic mass is 19.1. The molecule has 1 fully saturated rings. The molecule has 0 saturated carbocycles. The predicted octanol–water partition coefficient (Wildman–Crippen LogP) is 1.20. The van der Waals surface area contributed by atoms with Crippen LogP contribution >= 0.6 is 0 Å². The Balaban J connectivity index is 1.94. The standard InChI is InChI=1S/C11H14FNO/c12-10-7-13(8-11(10)14)6-9-4-2-1-3-5-9/h1-5,10-11,14H,6-8H2. The molecular weight excluding hydrogens is 181 g/mol. The Morgan fingerprint density at radius 2 is 2.00 bits per heavy atom. The summed E-state index contributed by atoms with van der Waals surface area (Å²) in [6.45, 7) is 1.50. The fourth-order valence-corrected chi connectivity index (χ4v) is 1.79. The van der Waals surface area contributed by atoms with Crippen LogP contribution < -0.4 is 0 Å². The lowest BCUT2D eigenvalue weighted by atomic mass is 10.2. The first-order valence-electron chi connectivity index (χ1n) is 4.84. The van der Waals surface area contributed by atoms with E-state index in [0.717, 1.165) is 12.1 Å². The van der Waals surface area contributed by atoms with Crippen LogP contribution in [0.5, 0.6) is 0 Å². The molecule has 1 aromatic carbocycles. The number of halogens is 1. The molecule has 0 aromatic heterocycles. The second-order valence-electron chi connectivity index (χ2n) is 3.76. The van der Waals surface area contributed by atoms with Crippen molar-refractivity contribution in [1.82, 2.24) is 4.90 Å². The Morgan fingerprint density at radius 1 is 1.29 bits per heavy atom. The van der Waals surface area contributed by atoms with Gasteiger partial charge in [0, 0.05) is 19.6 Å². The van der Waals surface area contributed by atoms with Gasteiger partial charge in [0.2, 0.25) is 0 Å². The zero-order valence-corrected chi connectivity index (χ0v) is 7.94. The second-order valence-corrected chi connectivity index (χ2v) is 3.76.